The van der Waals surface area contributed by atoms with Gasteiger partial charge in [-0.25, -0.2) is 8.42 Å². The standard InChI is InChI=1S/C11H10ClN3O5S/c12-9-3-8(2-1-7(9)4-13)21(19,20)15(5-10(14)16)6-11(17)18/h1-3H,5-6H2,(H2,14,16)(H,17,18). The van der Waals surface area contributed by atoms with Gasteiger partial charge < -0.3 is 10.8 Å². The minimum absolute atomic E-state index is 0.0651. The number of carbonyl (C=O) groups excluding carboxylic acids is 1. The number of halogens is 1. The molecule has 1 aromatic carbocycles. The van der Waals surface area contributed by atoms with E-state index in [0.717, 1.165) is 12.1 Å². The smallest absolute Gasteiger partial charge is 0.318 e. The number of primary amides is 1. The molecule has 0 saturated carbocycles. The topological polar surface area (TPSA) is 142 Å². The number of nitrogens with zero attached hydrogens (tertiary/aromatic N) is 2. The van der Waals surface area contributed by atoms with Crippen LogP contribution >= 0.6 is 11.6 Å². The molecule has 10 heteroatoms. The normalized spacial score (nSPS) is 11.1. The first-order valence-electron chi connectivity index (χ1n) is 5.38. The Morgan fingerprint density at radius 3 is 2.43 bits per heavy atom. The number of hydrogen-bond donors (Lipinski definition) is 2. The average molecular weight is 332 g/mol. The average Bonchev–Trinajstić information content (AvgIpc) is 2.36. The van der Waals surface area contributed by atoms with Gasteiger partial charge in [-0.3, -0.25) is 9.59 Å². The molecule has 0 bridgehead atoms. The summed E-state index contributed by atoms with van der Waals surface area (Å²) in [6, 6.07) is 5.04. The Morgan fingerprint density at radius 1 is 1.38 bits per heavy atom. The first-order valence-corrected chi connectivity index (χ1v) is 7.20. The van der Waals surface area contributed by atoms with E-state index in [0.29, 0.717) is 4.31 Å². The van der Waals surface area contributed by atoms with Crippen molar-refractivity contribution in [2.45, 2.75) is 4.90 Å². The van der Waals surface area contributed by atoms with E-state index in [4.69, 9.17) is 27.7 Å². The molecule has 0 heterocycles. The zero-order valence-corrected chi connectivity index (χ0v) is 12.1. The van der Waals surface area contributed by atoms with Gasteiger partial charge in [-0.2, -0.15) is 9.57 Å². The minimum Gasteiger partial charge on any atom is -0.480 e. The van der Waals surface area contributed by atoms with Gasteiger partial charge in [-0.1, -0.05) is 11.6 Å². The van der Waals surface area contributed by atoms with Gasteiger partial charge in [0.15, 0.2) is 0 Å². The van der Waals surface area contributed by atoms with Crippen LogP contribution in [0.3, 0.4) is 0 Å². The monoisotopic (exact) mass is 331 g/mol. The molecular weight excluding hydrogens is 322 g/mol. The summed E-state index contributed by atoms with van der Waals surface area (Å²) in [5, 5.41) is 17.3. The van der Waals surface area contributed by atoms with Crippen molar-refractivity contribution < 1.29 is 23.1 Å². The SMILES string of the molecule is N#Cc1ccc(S(=O)(=O)N(CC(N)=O)CC(=O)O)cc1Cl. The summed E-state index contributed by atoms with van der Waals surface area (Å²) in [5.74, 6) is -2.45. The van der Waals surface area contributed by atoms with Crippen LogP contribution in [-0.2, 0) is 19.6 Å². The van der Waals surface area contributed by atoms with Crippen LogP contribution in [0.1, 0.15) is 5.56 Å². The van der Waals surface area contributed by atoms with Crippen molar-refractivity contribution in [3.8, 4) is 6.07 Å². The van der Waals surface area contributed by atoms with Gasteiger partial charge in [-0.05, 0) is 18.2 Å². The van der Waals surface area contributed by atoms with Gasteiger partial charge in [0.25, 0.3) is 0 Å². The molecule has 0 atom stereocenters. The van der Waals surface area contributed by atoms with Gasteiger partial charge >= 0.3 is 5.97 Å². The molecule has 1 amide bonds. The van der Waals surface area contributed by atoms with Gasteiger partial charge in [-0.15, -0.1) is 0 Å². The second-order valence-corrected chi connectivity index (χ2v) is 6.23. The Balaban J connectivity index is 3.28. The van der Waals surface area contributed by atoms with E-state index in [2.05, 4.69) is 0 Å². The number of amides is 1. The molecule has 0 fully saturated rings. The number of nitrogens with two attached hydrogens (primary N) is 1. The van der Waals surface area contributed by atoms with Crippen LogP contribution in [0, 0.1) is 11.3 Å². The van der Waals surface area contributed by atoms with Gasteiger partial charge in [0.2, 0.25) is 15.9 Å². The summed E-state index contributed by atoms with van der Waals surface area (Å²) in [7, 11) is -4.28. The van der Waals surface area contributed by atoms with E-state index in [9.17, 15) is 18.0 Å². The number of nitriles is 1. The molecule has 0 unspecified atom stereocenters. The van der Waals surface area contributed by atoms with Crippen LogP contribution in [0.15, 0.2) is 23.1 Å². The fraction of sp³-hybridized carbons (Fsp3) is 0.182. The van der Waals surface area contributed by atoms with Crippen LogP contribution in [-0.4, -0.2) is 42.8 Å². The maximum Gasteiger partial charge on any atom is 0.318 e. The summed E-state index contributed by atoms with van der Waals surface area (Å²) in [6.07, 6.45) is 0. The first kappa shape index (κ1) is 16.9. The number of benzene rings is 1. The lowest BCUT2D eigenvalue weighted by Crippen LogP contribution is -2.41. The number of sulfonamides is 1. The second kappa shape index (κ2) is 6.53. The summed E-state index contributed by atoms with van der Waals surface area (Å²) >= 11 is 5.74. The number of aliphatic carboxylic acids is 1. The molecule has 0 aliphatic heterocycles. The molecule has 3 N–H and O–H groups in total. The van der Waals surface area contributed by atoms with Crippen molar-refractivity contribution in [2.75, 3.05) is 13.1 Å². The molecule has 0 radical (unpaired) electrons. The molecule has 0 saturated heterocycles. The van der Waals surface area contributed by atoms with E-state index in [1.165, 1.54) is 6.07 Å². The van der Waals surface area contributed by atoms with Crippen LogP contribution in [0.25, 0.3) is 0 Å². The summed E-state index contributed by atoms with van der Waals surface area (Å²) in [6.45, 7) is -1.71. The molecule has 1 rings (SSSR count). The van der Waals surface area contributed by atoms with E-state index < -0.39 is 35.0 Å². The molecule has 0 aliphatic rings. The van der Waals surface area contributed by atoms with Crippen LogP contribution < -0.4 is 5.73 Å². The Labute approximate surface area is 125 Å². The van der Waals surface area contributed by atoms with Crippen molar-refractivity contribution in [1.29, 1.82) is 5.26 Å². The number of carboxylic acids is 1. The van der Waals surface area contributed by atoms with Crippen molar-refractivity contribution in [2.24, 2.45) is 5.73 Å². The van der Waals surface area contributed by atoms with Crippen molar-refractivity contribution >= 4 is 33.5 Å². The lowest BCUT2D eigenvalue weighted by atomic mass is 10.2. The second-order valence-electron chi connectivity index (χ2n) is 3.89. The van der Waals surface area contributed by atoms with Crippen LogP contribution in [0.5, 0.6) is 0 Å². The summed E-state index contributed by atoms with van der Waals surface area (Å²) < 4.78 is 24.9. The molecule has 0 aromatic heterocycles. The Bertz CT molecular complexity index is 710. The predicted octanol–water partition coefficient (Wildman–Crippen LogP) is -0.228. The number of rotatable bonds is 6. The Hall–Kier alpha value is -2.15. The highest BCUT2D eigenvalue weighted by molar-refractivity contribution is 7.89. The number of carboxylic acid groups (broad SMARTS) is 1. The van der Waals surface area contributed by atoms with Crippen LogP contribution in [0.4, 0.5) is 0 Å². The van der Waals surface area contributed by atoms with Gasteiger partial charge in [0.05, 0.1) is 22.0 Å². The van der Waals surface area contributed by atoms with E-state index in [-0.39, 0.29) is 15.5 Å². The largest absolute Gasteiger partial charge is 0.480 e. The fourth-order valence-corrected chi connectivity index (χ4v) is 3.12. The van der Waals surface area contributed by atoms with E-state index >= 15 is 0 Å². The molecule has 21 heavy (non-hydrogen) atoms. The summed E-state index contributed by atoms with van der Waals surface area (Å²) in [4.78, 5) is 21.3. The highest BCUT2D eigenvalue weighted by Gasteiger charge is 2.28. The quantitative estimate of drug-likeness (QED) is 0.737. The molecule has 0 spiro atoms. The maximum atomic E-state index is 12.3. The molecule has 0 aliphatic carbocycles. The highest BCUT2D eigenvalue weighted by atomic mass is 35.5. The molecule has 8 nitrogen and oxygen atoms in total. The third-order valence-electron chi connectivity index (χ3n) is 2.34. The third-order valence-corrected chi connectivity index (χ3v) is 4.44. The number of carbonyl (C=O) groups is 2. The van der Waals surface area contributed by atoms with Gasteiger partial charge in [0, 0.05) is 0 Å². The van der Waals surface area contributed by atoms with E-state index in [1.54, 1.807) is 6.07 Å². The zero-order valence-electron chi connectivity index (χ0n) is 10.5. The van der Waals surface area contributed by atoms with Crippen LogP contribution in [0.2, 0.25) is 5.02 Å². The molecular formula is C11H10ClN3O5S. The van der Waals surface area contributed by atoms with Crippen molar-refractivity contribution in [1.82, 2.24) is 4.31 Å². The third kappa shape index (κ3) is 4.16. The minimum atomic E-state index is -4.28. The van der Waals surface area contributed by atoms with E-state index in [1.807, 2.05) is 0 Å². The lowest BCUT2D eigenvalue weighted by molar-refractivity contribution is -0.137. The van der Waals surface area contributed by atoms with Gasteiger partial charge in [0.1, 0.15) is 12.6 Å². The zero-order chi connectivity index (χ0) is 16.2. The first-order chi connectivity index (χ1) is 9.68. The fourth-order valence-electron chi connectivity index (χ4n) is 1.45. The van der Waals surface area contributed by atoms with Crippen molar-refractivity contribution in [3.05, 3.63) is 28.8 Å². The maximum absolute atomic E-state index is 12.3. The molecule has 112 valence electrons. The van der Waals surface area contributed by atoms with Crippen molar-refractivity contribution in [3.63, 3.8) is 0 Å². The number of hydrogen-bond acceptors (Lipinski definition) is 5. The Morgan fingerprint density at radius 2 is 2.00 bits per heavy atom. The Kier molecular flexibility index (Phi) is 5.26. The molecule has 1 aromatic rings. The highest BCUT2D eigenvalue weighted by Crippen LogP contribution is 2.22. The summed E-state index contributed by atoms with van der Waals surface area (Å²) in [5.41, 5.74) is 4.98. The lowest BCUT2D eigenvalue weighted by Gasteiger charge is -2.18. The predicted molar refractivity (Wildman–Crippen MR) is 71.8 cm³/mol.